The highest BCUT2D eigenvalue weighted by molar-refractivity contribution is 9.10. The van der Waals surface area contributed by atoms with Crippen molar-refractivity contribution < 1.29 is 9.90 Å². The van der Waals surface area contributed by atoms with Gasteiger partial charge in [0.1, 0.15) is 5.01 Å². The van der Waals surface area contributed by atoms with Crippen molar-refractivity contribution in [2.24, 2.45) is 0 Å². The average Bonchev–Trinajstić information content (AvgIpc) is 2.84. The Morgan fingerprint density at radius 3 is 2.75 bits per heavy atom. The molecular weight excluding hydrogens is 362 g/mol. The predicted octanol–water partition coefficient (Wildman–Crippen LogP) is 5.08. The molecule has 0 spiro atoms. The summed E-state index contributed by atoms with van der Waals surface area (Å²) >= 11 is 10.8. The lowest BCUT2D eigenvalue weighted by Gasteiger charge is -1.98. The van der Waals surface area contributed by atoms with E-state index in [1.165, 1.54) is 11.3 Å². The summed E-state index contributed by atoms with van der Waals surface area (Å²) in [5, 5.41) is 10.5. The van der Waals surface area contributed by atoms with Crippen molar-refractivity contribution >= 4 is 55.1 Å². The Hall–Kier alpha value is -1.43. The molecule has 2 aromatic carbocycles. The van der Waals surface area contributed by atoms with Crippen LogP contribution in [0.3, 0.4) is 0 Å². The minimum absolute atomic E-state index is 0.269. The van der Waals surface area contributed by atoms with Crippen molar-refractivity contribution in [1.82, 2.24) is 4.98 Å². The number of carboxylic acid groups (broad SMARTS) is 1. The number of carbonyl (C=O) groups is 1. The van der Waals surface area contributed by atoms with E-state index in [1.807, 2.05) is 12.1 Å². The van der Waals surface area contributed by atoms with Crippen LogP contribution < -0.4 is 0 Å². The fraction of sp³-hybridized carbons (Fsp3) is 0. The van der Waals surface area contributed by atoms with Gasteiger partial charge >= 0.3 is 5.97 Å². The number of fused-ring (bicyclic) bond motifs is 1. The Balaban J connectivity index is 2.12. The van der Waals surface area contributed by atoms with Crippen LogP contribution in [0.5, 0.6) is 0 Å². The quantitative estimate of drug-likeness (QED) is 0.686. The van der Waals surface area contributed by atoms with E-state index < -0.39 is 5.97 Å². The molecule has 3 aromatic rings. The molecule has 0 atom stereocenters. The Labute approximate surface area is 132 Å². The van der Waals surface area contributed by atoms with Gasteiger partial charge in [0.05, 0.1) is 20.8 Å². The zero-order valence-electron chi connectivity index (χ0n) is 9.93. The molecule has 0 saturated carbocycles. The lowest BCUT2D eigenvalue weighted by Crippen LogP contribution is -1.94. The molecule has 0 bridgehead atoms. The van der Waals surface area contributed by atoms with Crippen molar-refractivity contribution in [1.29, 1.82) is 0 Å². The van der Waals surface area contributed by atoms with Gasteiger partial charge in [-0.05, 0) is 46.3 Å². The molecule has 100 valence electrons. The molecule has 0 aliphatic heterocycles. The average molecular weight is 369 g/mol. The van der Waals surface area contributed by atoms with E-state index in [1.54, 1.807) is 24.3 Å². The first-order valence-corrected chi connectivity index (χ1v) is 7.62. The van der Waals surface area contributed by atoms with E-state index in [4.69, 9.17) is 16.7 Å². The fourth-order valence-corrected chi connectivity index (χ4v) is 3.31. The number of halogens is 2. The van der Waals surface area contributed by atoms with Crippen LogP contribution in [0.1, 0.15) is 10.4 Å². The molecule has 3 nitrogen and oxygen atoms in total. The van der Waals surface area contributed by atoms with Crippen molar-refractivity contribution in [2.75, 3.05) is 0 Å². The highest BCUT2D eigenvalue weighted by Crippen LogP contribution is 2.34. The normalized spacial score (nSPS) is 10.9. The van der Waals surface area contributed by atoms with E-state index in [9.17, 15) is 4.79 Å². The molecule has 6 heteroatoms. The van der Waals surface area contributed by atoms with Crippen molar-refractivity contribution in [3.63, 3.8) is 0 Å². The number of nitrogens with zero attached hydrogens (tertiary/aromatic N) is 1. The zero-order valence-corrected chi connectivity index (χ0v) is 13.1. The van der Waals surface area contributed by atoms with Crippen LogP contribution in [-0.2, 0) is 0 Å². The van der Waals surface area contributed by atoms with E-state index in [0.717, 1.165) is 25.3 Å². The topological polar surface area (TPSA) is 50.2 Å². The molecule has 3 rings (SSSR count). The molecule has 1 aromatic heterocycles. The van der Waals surface area contributed by atoms with Gasteiger partial charge in [-0.15, -0.1) is 11.3 Å². The van der Waals surface area contributed by atoms with Crippen LogP contribution in [0.2, 0.25) is 5.02 Å². The summed E-state index contributed by atoms with van der Waals surface area (Å²) in [4.78, 5) is 15.5. The third kappa shape index (κ3) is 2.44. The van der Waals surface area contributed by atoms with Gasteiger partial charge in [0.25, 0.3) is 0 Å². The number of rotatable bonds is 2. The highest BCUT2D eigenvalue weighted by atomic mass is 79.9. The fourth-order valence-electron chi connectivity index (χ4n) is 1.81. The molecule has 1 heterocycles. The zero-order chi connectivity index (χ0) is 14.3. The highest BCUT2D eigenvalue weighted by Gasteiger charge is 2.10. The van der Waals surface area contributed by atoms with Crippen LogP contribution in [0.4, 0.5) is 0 Å². The van der Waals surface area contributed by atoms with Crippen LogP contribution in [-0.4, -0.2) is 16.1 Å². The molecule has 0 amide bonds. The van der Waals surface area contributed by atoms with E-state index in [2.05, 4.69) is 20.9 Å². The van der Waals surface area contributed by atoms with Crippen LogP contribution >= 0.6 is 38.9 Å². The monoisotopic (exact) mass is 367 g/mol. The van der Waals surface area contributed by atoms with Crippen LogP contribution in [0.25, 0.3) is 20.8 Å². The summed E-state index contributed by atoms with van der Waals surface area (Å²) in [5.41, 5.74) is 2.01. The maximum Gasteiger partial charge on any atom is 0.335 e. The molecule has 0 unspecified atom stereocenters. The van der Waals surface area contributed by atoms with Gasteiger partial charge in [0.15, 0.2) is 0 Å². The summed E-state index contributed by atoms with van der Waals surface area (Å²) in [6, 6.07) is 10.5. The lowest BCUT2D eigenvalue weighted by molar-refractivity contribution is 0.0697. The molecule has 20 heavy (non-hydrogen) atoms. The number of hydrogen-bond acceptors (Lipinski definition) is 3. The smallest absolute Gasteiger partial charge is 0.335 e. The van der Waals surface area contributed by atoms with Crippen LogP contribution in [0.15, 0.2) is 40.9 Å². The lowest BCUT2D eigenvalue weighted by atomic mass is 10.2. The Morgan fingerprint density at radius 1 is 1.25 bits per heavy atom. The number of carboxylic acids is 1. The molecule has 1 N–H and O–H groups in total. The second-order valence-electron chi connectivity index (χ2n) is 4.14. The third-order valence-electron chi connectivity index (χ3n) is 2.80. The summed E-state index contributed by atoms with van der Waals surface area (Å²) in [5.74, 6) is -0.934. The van der Waals surface area contributed by atoms with Gasteiger partial charge in [-0.3, -0.25) is 0 Å². The first-order valence-electron chi connectivity index (χ1n) is 5.64. The van der Waals surface area contributed by atoms with Gasteiger partial charge in [-0.1, -0.05) is 17.7 Å². The largest absolute Gasteiger partial charge is 0.478 e. The van der Waals surface area contributed by atoms with Gasteiger partial charge in [-0.25, -0.2) is 9.78 Å². The number of thiazole rings is 1. The van der Waals surface area contributed by atoms with E-state index >= 15 is 0 Å². The molecule has 0 aliphatic carbocycles. The standard InChI is InChI=1S/C14H7BrClNO2S/c15-9-5-7(1-3-10(9)16)13-17-11-4-2-8(14(18)19)6-12(11)20-13/h1-6H,(H,18,19). The minimum Gasteiger partial charge on any atom is -0.478 e. The molecule has 0 aliphatic rings. The second kappa shape index (κ2) is 5.16. The predicted molar refractivity (Wildman–Crippen MR) is 84.7 cm³/mol. The first kappa shape index (κ1) is 13.5. The van der Waals surface area contributed by atoms with Gasteiger partial charge in [-0.2, -0.15) is 0 Å². The van der Waals surface area contributed by atoms with Crippen molar-refractivity contribution in [2.45, 2.75) is 0 Å². The molecule has 0 fully saturated rings. The van der Waals surface area contributed by atoms with Crippen LogP contribution in [0, 0.1) is 0 Å². The number of aromatic nitrogens is 1. The number of aromatic carboxylic acids is 1. The van der Waals surface area contributed by atoms with Gasteiger partial charge in [0.2, 0.25) is 0 Å². The van der Waals surface area contributed by atoms with Gasteiger partial charge in [0, 0.05) is 10.0 Å². The van der Waals surface area contributed by atoms with Crippen molar-refractivity contribution in [3.05, 3.63) is 51.5 Å². The second-order valence-corrected chi connectivity index (χ2v) is 6.43. The van der Waals surface area contributed by atoms with E-state index in [0.29, 0.717) is 5.02 Å². The van der Waals surface area contributed by atoms with Gasteiger partial charge < -0.3 is 5.11 Å². The Bertz CT molecular complexity index is 831. The summed E-state index contributed by atoms with van der Waals surface area (Å²) in [7, 11) is 0. The maximum atomic E-state index is 11.0. The van der Waals surface area contributed by atoms with Crippen molar-refractivity contribution in [3.8, 4) is 10.6 Å². The summed E-state index contributed by atoms with van der Waals surface area (Å²) in [6.45, 7) is 0. The Morgan fingerprint density at radius 2 is 2.05 bits per heavy atom. The third-order valence-corrected chi connectivity index (χ3v) is 5.08. The number of benzene rings is 2. The first-order chi connectivity index (χ1) is 9.54. The molecule has 0 saturated heterocycles. The minimum atomic E-state index is -0.934. The molecule has 0 radical (unpaired) electrons. The SMILES string of the molecule is O=C(O)c1ccc2nc(-c3ccc(Cl)c(Br)c3)sc2c1. The Kier molecular flexibility index (Phi) is 3.50. The summed E-state index contributed by atoms with van der Waals surface area (Å²) in [6.07, 6.45) is 0. The maximum absolute atomic E-state index is 11.0. The van der Waals surface area contributed by atoms with E-state index in [-0.39, 0.29) is 5.56 Å². The number of hydrogen-bond donors (Lipinski definition) is 1. The molecular formula is C14H7BrClNO2S. The summed E-state index contributed by atoms with van der Waals surface area (Å²) < 4.78 is 1.66.